The quantitative estimate of drug-likeness (QED) is 0.618. The van der Waals surface area contributed by atoms with Crippen molar-refractivity contribution < 1.29 is 28.9 Å². The maximum atomic E-state index is 12.0. The summed E-state index contributed by atoms with van der Waals surface area (Å²) >= 11 is 0. The van der Waals surface area contributed by atoms with E-state index in [2.05, 4.69) is 0 Å². The Morgan fingerprint density at radius 1 is 1.10 bits per heavy atom. The highest BCUT2D eigenvalue weighted by atomic mass is 16.5. The van der Waals surface area contributed by atoms with Gasteiger partial charge in [-0.2, -0.15) is 0 Å². The lowest BCUT2D eigenvalue weighted by molar-refractivity contribution is -0.141. The fourth-order valence-electron chi connectivity index (χ4n) is 3.24. The van der Waals surface area contributed by atoms with Crippen molar-refractivity contribution in [2.24, 2.45) is 5.92 Å². The number of aliphatic carboxylic acids is 1. The molecule has 0 aromatic heterocycles. The van der Waals surface area contributed by atoms with E-state index in [-0.39, 0.29) is 18.9 Å². The number of carbonyl (C=O) groups is 2. The number of rotatable bonds is 10. The summed E-state index contributed by atoms with van der Waals surface area (Å²) in [6.45, 7) is 1.46. The lowest BCUT2D eigenvalue weighted by Gasteiger charge is -2.18. The highest BCUT2D eigenvalue weighted by molar-refractivity contribution is 5.86. The van der Waals surface area contributed by atoms with E-state index in [0.29, 0.717) is 37.7 Å². The first-order valence-corrected chi connectivity index (χ1v) is 9.55. The van der Waals surface area contributed by atoms with Gasteiger partial charge in [-0.15, -0.1) is 0 Å². The van der Waals surface area contributed by atoms with Gasteiger partial charge in [-0.3, -0.25) is 9.59 Å². The van der Waals surface area contributed by atoms with Gasteiger partial charge in [-0.25, -0.2) is 0 Å². The van der Waals surface area contributed by atoms with E-state index in [0.717, 1.165) is 11.3 Å². The molecule has 1 atom stereocenters. The molecule has 1 heterocycles. The summed E-state index contributed by atoms with van der Waals surface area (Å²) in [5.74, 6) is 0.461. The van der Waals surface area contributed by atoms with E-state index in [4.69, 9.17) is 19.3 Å². The average molecular weight is 399 g/mol. The number of nitrogens with zero attached hydrogens (tertiary/aromatic N) is 1. The van der Waals surface area contributed by atoms with Gasteiger partial charge in [-0.05, 0) is 30.2 Å². The first kappa shape index (κ1) is 20.5. The molecule has 2 aromatic rings. The fraction of sp³-hybridized carbons (Fsp3) is 0.364. The number of amides is 1. The summed E-state index contributed by atoms with van der Waals surface area (Å²) < 4.78 is 16.8. The third-order valence-corrected chi connectivity index (χ3v) is 4.84. The fourth-order valence-corrected chi connectivity index (χ4v) is 3.24. The molecule has 1 unspecified atom stereocenters. The molecule has 7 nitrogen and oxygen atoms in total. The molecule has 7 heteroatoms. The normalized spacial score (nSPS) is 16.0. The lowest BCUT2D eigenvalue weighted by Crippen LogP contribution is -2.28. The van der Waals surface area contributed by atoms with Crippen LogP contribution in [0, 0.1) is 5.92 Å². The zero-order valence-electron chi connectivity index (χ0n) is 16.4. The third kappa shape index (κ3) is 5.63. The lowest BCUT2D eigenvalue weighted by atomic mass is 10.1. The first-order valence-electron chi connectivity index (χ1n) is 9.55. The van der Waals surface area contributed by atoms with E-state index in [1.807, 2.05) is 48.5 Å². The van der Waals surface area contributed by atoms with Gasteiger partial charge in [0, 0.05) is 25.6 Å². The maximum absolute atomic E-state index is 12.0. The van der Waals surface area contributed by atoms with Crippen LogP contribution in [-0.4, -0.2) is 55.3 Å². The molecular formula is C22H25NO6. The average Bonchev–Trinajstić information content (AvgIpc) is 3.11. The molecule has 0 aliphatic carbocycles. The Bertz CT molecular complexity index is 838. The van der Waals surface area contributed by atoms with Crippen LogP contribution in [0.2, 0.25) is 0 Å². The van der Waals surface area contributed by atoms with Gasteiger partial charge in [-0.1, -0.05) is 24.3 Å². The highest BCUT2D eigenvalue weighted by Gasteiger charge is 2.33. The molecule has 29 heavy (non-hydrogen) atoms. The second kappa shape index (κ2) is 9.82. The summed E-state index contributed by atoms with van der Waals surface area (Å²) in [6, 6.07) is 15.1. The number of hydrogen-bond acceptors (Lipinski definition) is 5. The van der Waals surface area contributed by atoms with Crippen LogP contribution in [0.5, 0.6) is 17.2 Å². The van der Waals surface area contributed by atoms with Crippen molar-refractivity contribution in [2.75, 3.05) is 33.4 Å². The Balaban J connectivity index is 1.57. The number of carboxylic acids is 1. The standard InChI is InChI=1S/C22H25NO6/c1-27-19-8-7-16(9-10-23-15-17(22(25)26)13-21(23)24)20(14-19)29-12-11-28-18-5-3-2-4-6-18/h2-8,14,17H,9-13,15H2,1H3,(H,25,26). The second-order valence-electron chi connectivity index (χ2n) is 6.81. The molecule has 1 saturated heterocycles. The number of carbonyl (C=O) groups excluding carboxylic acids is 1. The van der Waals surface area contributed by atoms with E-state index in [1.54, 1.807) is 12.0 Å². The summed E-state index contributed by atoms with van der Waals surface area (Å²) in [5.41, 5.74) is 0.928. The third-order valence-electron chi connectivity index (χ3n) is 4.84. The second-order valence-corrected chi connectivity index (χ2v) is 6.81. The van der Waals surface area contributed by atoms with Crippen molar-refractivity contribution in [3.05, 3.63) is 54.1 Å². The van der Waals surface area contributed by atoms with Crippen LogP contribution in [0.3, 0.4) is 0 Å². The van der Waals surface area contributed by atoms with Gasteiger partial charge in [0.2, 0.25) is 5.91 Å². The largest absolute Gasteiger partial charge is 0.497 e. The molecule has 1 amide bonds. The molecule has 1 fully saturated rings. The molecule has 0 spiro atoms. The number of para-hydroxylation sites is 1. The Morgan fingerprint density at radius 2 is 1.86 bits per heavy atom. The van der Waals surface area contributed by atoms with Crippen LogP contribution >= 0.6 is 0 Å². The zero-order chi connectivity index (χ0) is 20.6. The van der Waals surface area contributed by atoms with Crippen LogP contribution in [0.15, 0.2) is 48.5 Å². The molecule has 154 valence electrons. The predicted octanol–water partition coefficient (Wildman–Crippen LogP) is 2.63. The predicted molar refractivity (Wildman–Crippen MR) is 106 cm³/mol. The van der Waals surface area contributed by atoms with Crippen LogP contribution in [0.25, 0.3) is 0 Å². The van der Waals surface area contributed by atoms with Crippen molar-refractivity contribution >= 4 is 11.9 Å². The molecule has 0 saturated carbocycles. The summed E-state index contributed by atoms with van der Waals surface area (Å²) in [5, 5.41) is 9.11. The molecule has 3 rings (SSSR count). The smallest absolute Gasteiger partial charge is 0.308 e. The van der Waals surface area contributed by atoms with Crippen LogP contribution in [-0.2, 0) is 16.0 Å². The van der Waals surface area contributed by atoms with Crippen LogP contribution < -0.4 is 14.2 Å². The molecule has 0 radical (unpaired) electrons. The van der Waals surface area contributed by atoms with Gasteiger partial charge >= 0.3 is 5.97 Å². The minimum Gasteiger partial charge on any atom is -0.497 e. The van der Waals surface area contributed by atoms with Crippen LogP contribution in [0.1, 0.15) is 12.0 Å². The van der Waals surface area contributed by atoms with Crippen molar-refractivity contribution in [2.45, 2.75) is 12.8 Å². The zero-order valence-corrected chi connectivity index (χ0v) is 16.4. The molecule has 1 aliphatic rings. The van der Waals surface area contributed by atoms with Gasteiger partial charge in [0.1, 0.15) is 30.5 Å². The van der Waals surface area contributed by atoms with Gasteiger partial charge in [0.15, 0.2) is 0 Å². The van der Waals surface area contributed by atoms with E-state index in [1.165, 1.54) is 0 Å². The van der Waals surface area contributed by atoms with Crippen molar-refractivity contribution in [1.82, 2.24) is 4.90 Å². The highest BCUT2D eigenvalue weighted by Crippen LogP contribution is 2.26. The Morgan fingerprint density at radius 3 is 2.55 bits per heavy atom. The maximum Gasteiger partial charge on any atom is 0.308 e. The van der Waals surface area contributed by atoms with Crippen molar-refractivity contribution in [3.8, 4) is 17.2 Å². The molecular weight excluding hydrogens is 374 g/mol. The SMILES string of the molecule is COc1ccc(CCN2CC(C(=O)O)CC2=O)c(OCCOc2ccccc2)c1. The topological polar surface area (TPSA) is 85.3 Å². The first-order chi connectivity index (χ1) is 14.1. The van der Waals surface area contributed by atoms with Gasteiger partial charge in [0.25, 0.3) is 0 Å². The van der Waals surface area contributed by atoms with Gasteiger partial charge < -0.3 is 24.2 Å². The number of benzene rings is 2. The van der Waals surface area contributed by atoms with Crippen molar-refractivity contribution in [1.29, 1.82) is 0 Å². The van der Waals surface area contributed by atoms with Gasteiger partial charge in [0.05, 0.1) is 13.0 Å². The molecule has 2 aromatic carbocycles. The van der Waals surface area contributed by atoms with E-state index in [9.17, 15) is 9.59 Å². The summed E-state index contributed by atoms with van der Waals surface area (Å²) in [7, 11) is 1.59. The summed E-state index contributed by atoms with van der Waals surface area (Å²) in [6.07, 6.45) is 0.634. The number of carboxylic acid groups (broad SMARTS) is 1. The Hall–Kier alpha value is -3.22. The molecule has 1 N–H and O–H groups in total. The van der Waals surface area contributed by atoms with Crippen LogP contribution in [0.4, 0.5) is 0 Å². The number of likely N-dealkylation sites (tertiary alicyclic amines) is 1. The van der Waals surface area contributed by atoms with Crippen molar-refractivity contribution in [3.63, 3.8) is 0 Å². The number of methoxy groups -OCH3 is 1. The van der Waals surface area contributed by atoms with E-state index < -0.39 is 11.9 Å². The molecule has 1 aliphatic heterocycles. The summed E-state index contributed by atoms with van der Waals surface area (Å²) in [4.78, 5) is 24.8. The minimum atomic E-state index is -0.923. The van der Waals surface area contributed by atoms with E-state index >= 15 is 0 Å². The minimum absolute atomic E-state index is 0.0676. The molecule has 0 bridgehead atoms. The Labute approximate surface area is 169 Å². The monoisotopic (exact) mass is 399 g/mol. The number of hydrogen-bond donors (Lipinski definition) is 1. The number of ether oxygens (including phenoxy) is 3. The Kier molecular flexibility index (Phi) is 6.94.